The Balaban J connectivity index is 2.45. The zero-order valence-electron chi connectivity index (χ0n) is 14.4. The summed E-state index contributed by atoms with van der Waals surface area (Å²) in [6.45, 7) is 9.29. The second-order valence-electron chi connectivity index (χ2n) is 5.90. The first kappa shape index (κ1) is 18.9. The Morgan fingerprint density at radius 2 is 1.88 bits per heavy atom. The molecule has 8 heteroatoms. The molecule has 0 saturated heterocycles. The Hall–Kier alpha value is -2.48. The van der Waals surface area contributed by atoms with Crippen LogP contribution in [0.15, 0.2) is 42.5 Å². The minimum Gasteiger partial charge on any atom is -0.374 e. The van der Waals surface area contributed by atoms with E-state index in [1.807, 2.05) is 13.8 Å². The molecule has 134 valence electrons. The van der Waals surface area contributed by atoms with Crippen LogP contribution in [-0.2, 0) is 10.9 Å². The summed E-state index contributed by atoms with van der Waals surface area (Å²) in [4.78, 5) is 0. The Kier molecular flexibility index (Phi) is 5.12. The largest absolute Gasteiger partial charge is 0.453 e. The zero-order valence-corrected chi connectivity index (χ0v) is 14.4. The van der Waals surface area contributed by atoms with E-state index in [2.05, 4.69) is 21.9 Å². The van der Waals surface area contributed by atoms with Crippen LogP contribution in [0.3, 0.4) is 0 Å². The molecule has 0 unspecified atom stereocenters. The maximum absolute atomic E-state index is 12.9. The van der Waals surface area contributed by atoms with Gasteiger partial charge in [-0.2, -0.15) is 22.8 Å². The molecule has 0 bridgehead atoms. The van der Waals surface area contributed by atoms with Crippen LogP contribution in [0.5, 0.6) is 0 Å². The van der Waals surface area contributed by atoms with E-state index in [-0.39, 0.29) is 5.65 Å². The molecule has 0 radical (unpaired) electrons. The number of ether oxygens (including phenoxy) is 1. The minimum absolute atomic E-state index is 0.0340. The molecule has 0 fully saturated rings. The van der Waals surface area contributed by atoms with Crippen LogP contribution in [-0.4, -0.2) is 32.5 Å². The van der Waals surface area contributed by atoms with Crippen LogP contribution >= 0.6 is 0 Å². The van der Waals surface area contributed by atoms with Gasteiger partial charge in [-0.3, -0.25) is 0 Å². The Morgan fingerprint density at radius 3 is 2.44 bits per heavy atom. The summed E-state index contributed by atoms with van der Waals surface area (Å²) < 4.78 is 44.9. The number of nitrogens with zero attached hydrogens (tertiary/aromatic N) is 4. The molecule has 0 aliphatic rings. The topological polar surface area (TPSA) is 52.3 Å². The first-order valence-corrected chi connectivity index (χ1v) is 7.47. The molecule has 2 aromatic heterocycles. The van der Waals surface area contributed by atoms with E-state index in [9.17, 15) is 13.2 Å². The van der Waals surface area contributed by atoms with E-state index < -0.39 is 17.6 Å². The van der Waals surface area contributed by atoms with Crippen LogP contribution in [0.4, 0.5) is 13.2 Å². The van der Waals surface area contributed by atoms with Gasteiger partial charge in [-0.05, 0) is 44.1 Å². The van der Waals surface area contributed by atoms with Crippen LogP contribution < -0.4 is 0 Å². The van der Waals surface area contributed by atoms with Crippen molar-refractivity contribution in [3.63, 3.8) is 0 Å². The maximum Gasteiger partial charge on any atom is 0.453 e. The van der Waals surface area contributed by atoms with Gasteiger partial charge in [0, 0.05) is 7.11 Å². The third-order valence-electron chi connectivity index (χ3n) is 3.86. The van der Waals surface area contributed by atoms with Crippen LogP contribution in [0.1, 0.15) is 32.3 Å². The number of fused-ring (bicyclic) bond motifs is 1. The third kappa shape index (κ3) is 3.96. The van der Waals surface area contributed by atoms with Gasteiger partial charge in [-0.1, -0.05) is 24.8 Å². The van der Waals surface area contributed by atoms with Crippen LogP contribution in [0, 0.1) is 0 Å². The molecule has 0 aliphatic heterocycles. The SMILES string of the molecule is C=C/C(=C\C=C(/C)c1ccc2nnc(C(F)(F)F)n2n1)C(C)(C)OC. The lowest BCUT2D eigenvalue weighted by atomic mass is 9.97. The lowest BCUT2D eigenvalue weighted by molar-refractivity contribution is -0.146. The van der Waals surface area contributed by atoms with E-state index >= 15 is 0 Å². The molecule has 2 rings (SSSR count). The highest BCUT2D eigenvalue weighted by atomic mass is 19.4. The summed E-state index contributed by atoms with van der Waals surface area (Å²) in [5.74, 6) is -1.15. The van der Waals surface area contributed by atoms with Crippen molar-refractivity contribution < 1.29 is 17.9 Å². The van der Waals surface area contributed by atoms with Crippen molar-refractivity contribution in [3.8, 4) is 0 Å². The Morgan fingerprint density at radius 1 is 1.20 bits per heavy atom. The lowest BCUT2D eigenvalue weighted by Crippen LogP contribution is -2.24. The van der Waals surface area contributed by atoms with Gasteiger partial charge in [0.15, 0.2) is 5.65 Å². The standard InChI is InChI=1S/C17H19F3N4O/c1-6-12(16(3,4)25-5)8-7-11(2)13-9-10-14-21-22-15(17(18,19)20)24(14)23-13/h6-10H,1H2,2-5H3/b11-7+,12-8+. The van der Waals surface area contributed by atoms with Gasteiger partial charge in [0.2, 0.25) is 0 Å². The summed E-state index contributed by atoms with van der Waals surface area (Å²) in [5.41, 5.74) is 1.39. The van der Waals surface area contributed by atoms with E-state index in [4.69, 9.17) is 4.74 Å². The monoisotopic (exact) mass is 352 g/mol. The van der Waals surface area contributed by atoms with Gasteiger partial charge in [0.05, 0.1) is 11.3 Å². The van der Waals surface area contributed by atoms with Gasteiger partial charge in [-0.25, -0.2) is 0 Å². The quantitative estimate of drug-likeness (QED) is 0.761. The number of rotatable bonds is 5. The Labute approximate surface area is 143 Å². The second-order valence-corrected chi connectivity index (χ2v) is 5.90. The molecular weight excluding hydrogens is 333 g/mol. The number of hydrogen-bond acceptors (Lipinski definition) is 4. The summed E-state index contributed by atoms with van der Waals surface area (Å²) in [6, 6.07) is 3.04. The average molecular weight is 352 g/mol. The molecule has 0 N–H and O–H groups in total. The lowest BCUT2D eigenvalue weighted by Gasteiger charge is -2.24. The molecule has 0 atom stereocenters. The normalized spacial score (nSPS) is 14.2. The van der Waals surface area contributed by atoms with Crippen molar-refractivity contribution in [2.75, 3.05) is 7.11 Å². The number of methoxy groups -OCH3 is 1. The first-order valence-electron chi connectivity index (χ1n) is 7.47. The highest BCUT2D eigenvalue weighted by Gasteiger charge is 2.37. The first-order chi connectivity index (χ1) is 11.6. The fourth-order valence-corrected chi connectivity index (χ4v) is 2.11. The molecule has 0 saturated carbocycles. The predicted octanol–water partition coefficient (Wildman–Crippen LogP) is 4.08. The van der Waals surface area contributed by atoms with Crippen molar-refractivity contribution >= 4 is 11.2 Å². The van der Waals surface area contributed by atoms with Gasteiger partial charge in [-0.15, -0.1) is 10.2 Å². The van der Waals surface area contributed by atoms with Crippen molar-refractivity contribution in [1.82, 2.24) is 19.8 Å². The average Bonchev–Trinajstić information content (AvgIpc) is 2.98. The highest BCUT2D eigenvalue weighted by Crippen LogP contribution is 2.28. The molecular formula is C17H19F3N4O. The summed E-state index contributed by atoms with van der Waals surface area (Å²) >= 11 is 0. The van der Waals surface area contributed by atoms with Gasteiger partial charge >= 0.3 is 6.18 Å². The molecule has 2 aromatic rings. The molecule has 0 aliphatic carbocycles. The molecule has 2 heterocycles. The van der Waals surface area contributed by atoms with Gasteiger partial charge in [0.25, 0.3) is 5.82 Å². The smallest absolute Gasteiger partial charge is 0.374 e. The summed E-state index contributed by atoms with van der Waals surface area (Å²) in [7, 11) is 1.59. The van der Waals surface area contributed by atoms with Crippen LogP contribution in [0.2, 0.25) is 0 Å². The van der Waals surface area contributed by atoms with Gasteiger partial charge < -0.3 is 4.74 Å². The summed E-state index contributed by atoms with van der Waals surface area (Å²) in [5, 5.41) is 10.7. The minimum atomic E-state index is -4.62. The number of aromatic nitrogens is 4. The van der Waals surface area contributed by atoms with Crippen molar-refractivity contribution in [2.24, 2.45) is 0 Å². The molecule has 25 heavy (non-hydrogen) atoms. The molecule has 5 nitrogen and oxygen atoms in total. The number of halogens is 3. The fraction of sp³-hybridized carbons (Fsp3) is 0.353. The predicted molar refractivity (Wildman–Crippen MR) is 88.8 cm³/mol. The fourth-order valence-electron chi connectivity index (χ4n) is 2.11. The number of hydrogen-bond donors (Lipinski definition) is 0. The van der Waals surface area contributed by atoms with E-state index in [1.54, 1.807) is 38.3 Å². The van der Waals surface area contributed by atoms with Crippen molar-refractivity contribution in [3.05, 3.63) is 54.0 Å². The highest BCUT2D eigenvalue weighted by molar-refractivity contribution is 5.63. The number of alkyl halides is 3. The molecule has 0 amide bonds. The van der Waals surface area contributed by atoms with Gasteiger partial charge in [0.1, 0.15) is 0 Å². The van der Waals surface area contributed by atoms with Crippen molar-refractivity contribution in [1.29, 1.82) is 0 Å². The van der Waals surface area contributed by atoms with E-state index in [0.717, 1.165) is 5.57 Å². The second kappa shape index (κ2) is 6.79. The molecule has 0 aromatic carbocycles. The summed E-state index contributed by atoms with van der Waals surface area (Å²) in [6.07, 6.45) is 0.602. The number of allylic oxidation sites excluding steroid dienone is 3. The zero-order chi connectivity index (χ0) is 18.8. The van der Waals surface area contributed by atoms with Crippen molar-refractivity contribution in [2.45, 2.75) is 32.5 Å². The Bertz CT molecular complexity index is 847. The van der Waals surface area contributed by atoms with E-state index in [0.29, 0.717) is 15.8 Å². The van der Waals surface area contributed by atoms with E-state index in [1.165, 1.54) is 6.07 Å². The van der Waals surface area contributed by atoms with Crippen LogP contribution in [0.25, 0.3) is 11.2 Å². The molecule has 0 spiro atoms. The third-order valence-corrected chi connectivity index (χ3v) is 3.86. The maximum atomic E-state index is 12.9.